The molecule has 0 saturated carbocycles. The van der Waals surface area contributed by atoms with Crippen molar-refractivity contribution in [3.8, 4) is 0 Å². The number of likely N-dealkylation sites (tertiary alicyclic amines) is 1. The molecule has 1 fully saturated rings. The van der Waals surface area contributed by atoms with Crippen molar-refractivity contribution in [3.63, 3.8) is 0 Å². The van der Waals surface area contributed by atoms with E-state index in [2.05, 4.69) is 10.2 Å². The predicted molar refractivity (Wildman–Crippen MR) is 118 cm³/mol. The lowest BCUT2D eigenvalue weighted by atomic mass is 9.92. The van der Waals surface area contributed by atoms with Gasteiger partial charge in [0.15, 0.2) is 0 Å². The number of carbonyl (C=O) groups is 5. The van der Waals surface area contributed by atoms with E-state index >= 15 is 0 Å². The van der Waals surface area contributed by atoms with Crippen LogP contribution in [0.15, 0.2) is 0 Å². The fraction of sp³-hybridized carbons (Fsp3) is 0.545. The molecule has 1 aromatic heterocycles. The van der Waals surface area contributed by atoms with Crippen molar-refractivity contribution in [1.82, 2.24) is 9.88 Å². The summed E-state index contributed by atoms with van der Waals surface area (Å²) in [7, 11) is 0. The summed E-state index contributed by atoms with van der Waals surface area (Å²) in [5, 5.41) is 32.8. The number of hydrogen-bond acceptors (Lipinski definition) is 7. The fourth-order valence-corrected chi connectivity index (χ4v) is 4.22. The van der Waals surface area contributed by atoms with Crippen LogP contribution < -0.4 is 5.32 Å². The van der Waals surface area contributed by atoms with Gasteiger partial charge in [0.25, 0.3) is 0 Å². The number of hydrogen-bond donors (Lipinski definition) is 5. The smallest absolute Gasteiger partial charge is 0.414 e. The molecule has 12 heteroatoms. The number of aromatic nitrogens is 1. The molecule has 12 nitrogen and oxygen atoms in total. The van der Waals surface area contributed by atoms with Gasteiger partial charge in [0, 0.05) is 11.4 Å². The lowest BCUT2D eigenvalue weighted by Crippen LogP contribution is -2.31. The van der Waals surface area contributed by atoms with Gasteiger partial charge in [0.2, 0.25) is 5.91 Å². The van der Waals surface area contributed by atoms with Crippen molar-refractivity contribution in [3.05, 3.63) is 22.5 Å². The summed E-state index contributed by atoms with van der Waals surface area (Å²) in [6.07, 6.45) is 10.4. The number of carbonyl (C=O) groups excluding carboxylic acids is 1. The highest BCUT2D eigenvalue weighted by atomic mass is 16.4. The number of aliphatic carboxylic acids is 4. The van der Waals surface area contributed by atoms with E-state index in [1.54, 1.807) is 0 Å². The van der Waals surface area contributed by atoms with E-state index in [0.29, 0.717) is 6.54 Å². The lowest BCUT2D eigenvalue weighted by Gasteiger charge is -2.23. The fourth-order valence-electron chi connectivity index (χ4n) is 4.22. The minimum absolute atomic E-state index is 0.162. The van der Waals surface area contributed by atoms with Crippen LogP contribution >= 0.6 is 0 Å². The highest BCUT2D eigenvalue weighted by Gasteiger charge is 2.26. The molecule has 1 saturated heterocycles. The van der Waals surface area contributed by atoms with Gasteiger partial charge in [-0.25, -0.2) is 19.2 Å². The van der Waals surface area contributed by atoms with E-state index in [-0.39, 0.29) is 5.91 Å². The van der Waals surface area contributed by atoms with Gasteiger partial charge < -0.3 is 25.7 Å². The number of nitrogens with one attached hydrogen (secondary N) is 1. The van der Waals surface area contributed by atoms with E-state index in [1.807, 2.05) is 0 Å². The second-order valence-corrected chi connectivity index (χ2v) is 8.15. The standard InChI is InChI=1S/C18H25N3O.2C2H2O4/c22-17(12-21-10-3-4-11-21)20-18-13-6-1-2-8-15(13)19-16-9-5-7-14(16)18;2*3-1(4)2(5)6/h1-12H2,(H,19,20,22);2*(H,3,4)(H,5,6). The molecule has 1 aliphatic heterocycles. The third-order valence-corrected chi connectivity index (χ3v) is 5.70. The van der Waals surface area contributed by atoms with Crippen LogP contribution in [0.5, 0.6) is 0 Å². The van der Waals surface area contributed by atoms with Crippen LogP contribution in [0.25, 0.3) is 0 Å². The molecule has 3 aliphatic rings. The molecule has 2 heterocycles. The molecule has 4 rings (SSSR count). The molecular formula is C22H29N3O9. The zero-order chi connectivity index (χ0) is 25.3. The summed E-state index contributed by atoms with van der Waals surface area (Å²) in [4.78, 5) is 56.0. The number of pyridine rings is 1. The van der Waals surface area contributed by atoms with Crippen molar-refractivity contribution in [2.24, 2.45) is 0 Å². The van der Waals surface area contributed by atoms with Crippen molar-refractivity contribution in [1.29, 1.82) is 0 Å². The lowest BCUT2D eigenvalue weighted by molar-refractivity contribution is -0.159. The van der Waals surface area contributed by atoms with Gasteiger partial charge in [0.1, 0.15) is 0 Å². The third-order valence-electron chi connectivity index (χ3n) is 5.70. The summed E-state index contributed by atoms with van der Waals surface area (Å²) in [5.41, 5.74) is 6.30. The molecule has 34 heavy (non-hydrogen) atoms. The molecule has 0 spiro atoms. The van der Waals surface area contributed by atoms with Gasteiger partial charge in [-0.1, -0.05) is 0 Å². The molecule has 0 bridgehead atoms. The Morgan fingerprint density at radius 3 is 1.62 bits per heavy atom. The van der Waals surface area contributed by atoms with Gasteiger partial charge in [-0.3, -0.25) is 14.7 Å². The molecule has 0 atom stereocenters. The Balaban J connectivity index is 0.000000285. The van der Waals surface area contributed by atoms with Gasteiger partial charge in [0.05, 0.1) is 12.2 Å². The number of anilines is 1. The van der Waals surface area contributed by atoms with Crippen LogP contribution in [-0.4, -0.2) is 79.7 Å². The minimum atomic E-state index is -1.82. The SMILES string of the molecule is O=C(CN1CCCC1)Nc1c2c(nc3c1CCC3)CCCC2.O=C(O)C(=O)O.O=C(O)C(=O)O. The molecule has 1 aromatic rings. The maximum absolute atomic E-state index is 12.5. The van der Waals surface area contributed by atoms with Crippen LogP contribution in [-0.2, 0) is 49.7 Å². The van der Waals surface area contributed by atoms with Crippen molar-refractivity contribution >= 4 is 35.5 Å². The molecule has 0 radical (unpaired) electrons. The highest BCUT2D eigenvalue weighted by molar-refractivity contribution is 6.27. The summed E-state index contributed by atoms with van der Waals surface area (Å²) in [6.45, 7) is 2.69. The predicted octanol–water partition coefficient (Wildman–Crippen LogP) is 0.795. The summed E-state index contributed by atoms with van der Waals surface area (Å²) >= 11 is 0. The van der Waals surface area contributed by atoms with Crippen molar-refractivity contribution in [2.75, 3.05) is 25.0 Å². The number of carboxylic acids is 4. The number of aryl methyl sites for hydroxylation is 2. The largest absolute Gasteiger partial charge is 0.473 e. The van der Waals surface area contributed by atoms with E-state index in [9.17, 15) is 4.79 Å². The summed E-state index contributed by atoms with van der Waals surface area (Å²) in [6, 6.07) is 0. The number of rotatable bonds is 3. The molecule has 186 valence electrons. The summed E-state index contributed by atoms with van der Waals surface area (Å²) in [5.74, 6) is -7.13. The van der Waals surface area contributed by atoms with E-state index in [1.165, 1.54) is 54.6 Å². The number of carboxylic acid groups (broad SMARTS) is 4. The zero-order valence-electron chi connectivity index (χ0n) is 18.7. The Morgan fingerprint density at radius 2 is 1.12 bits per heavy atom. The van der Waals surface area contributed by atoms with Gasteiger partial charge >= 0.3 is 23.9 Å². The molecule has 0 aromatic carbocycles. The molecule has 0 unspecified atom stereocenters. The molecule has 2 aliphatic carbocycles. The molecule has 1 amide bonds. The van der Waals surface area contributed by atoms with Crippen molar-refractivity contribution in [2.45, 2.75) is 57.8 Å². The first kappa shape index (κ1) is 26.7. The van der Waals surface area contributed by atoms with Gasteiger partial charge in [-0.05, 0) is 82.0 Å². The summed E-state index contributed by atoms with van der Waals surface area (Å²) < 4.78 is 0. The quantitative estimate of drug-likeness (QED) is 0.385. The Hall–Kier alpha value is -3.54. The van der Waals surface area contributed by atoms with Crippen LogP contribution in [0.4, 0.5) is 5.69 Å². The highest BCUT2D eigenvalue weighted by Crippen LogP contribution is 2.35. The Labute approximate surface area is 195 Å². The normalized spacial score (nSPS) is 16.0. The van der Waals surface area contributed by atoms with Crippen LogP contribution in [0.2, 0.25) is 0 Å². The number of amides is 1. The first-order valence-electron chi connectivity index (χ1n) is 11.1. The average molecular weight is 479 g/mol. The van der Waals surface area contributed by atoms with Crippen LogP contribution in [0.3, 0.4) is 0 Å². The zero-order valence-corrected chi connectivity index (χ0v) is 18.7. The first-order valence-corrected chi connectivity index (χ1v) is 11.1. The van der Waals surface area contributed by atoms with Crippen molar-refractivity contribution < 1.29 is 44.4 Å². The number of fused-ring (bicyclic) bond motifs is 2. The average Bonchev–Trinajstić information content (AvgIpc) is 3.46. The van der Waals surface area contributed by atoms with Gasteiger partial charge in [-0.15, -0.1) is 0 Å². The maximum Gasteiger partial charge on any atom is 0.414 e. The maximum atomic E-state index is 12.5. The topological polar surface area (TPSA) is 194 Å². The van der Waals surface area contributed by atoms with E-state index in [0.717, 1.165) is 44.5 Å². The molecule has 5 N–H and O–H groups in total. The number of nitrogens with zero attached hydrogens (tertiary/aromatic N) is 2. The Bertz CT molecular complexity index is 907. The van der Waals surface area contributed by atoms with Crippen LogP contribution in [0, 0.1) is 0 Å². The van der Waals surface area contributed by atoms with E-state index in [4.69, 9.17) is 44.6 Å². The van der Waals surface area contributed by atoms with Crippen LogP contribution in [0.1, 0.15) is 54.6 Å². The third kappa shape index (κ3) is 7.80. The first-order chi connectivity index (χ1) is 16.1. The minimum Gasteiger partial charge on any atom is -0.473 e. The Morgan fingerprint density at radius 1 is 0.676 bits per heavy atom. The molecular weight excluding hydrogens is 450 g/mol. The van der Waals surface area contributed by atoms with Gasteiger partial charge in [-0.2, -0.15) is 0 Å². The second kappa shape index (κ2) is 12.6. The monoisotopic (exact) mass is 479 g/mol. The Kier molecular flexibility index (Phi) is 9.92. The van der Waals surface area contributed by atoms with E-state index < -0.39 is 23.9 Å². The second-order valence-electron chi connectivity index (χ2n) is 8.15.